The van der Waals surface area contributed by atoms with Gasteiger partial charge in [-0.1, -0.05) is 0 Å². The van der Waals surface area contributed by atoms with Gasteiger partial charge in [-0.2, -0.15) is 26.3 Å². The van der Waals surface area contributed by atoms with Crippen LogP contribution < -0.4 is 5.32 Å². The van der Waals surface area contributed by atoms with E-state index < -0.39 is 35.5 Å². The summed E-state index contributed by atoms with van der Waals surface area (Å²) in [6, 6.07) is 7.34. The first-order valence-corrected chi connectivity index (χ1v) is 10.1. The van der Waals surface area contributed by atoms with E-state index in [1.807, 2.05) is 0 Å². The van der Waals surface area contributed by atoms with Crippen LogP contribution >= 0.6 is 0 Å². The van der Waals surface area contributed by atoms with E-state index in [0.29, 0.717) is 16.3 Å². The number of benzene rings is 1. The highest BCUT2D eigenvalue weighted by Crippen LogP contribution is 2.39. The molecule has 186 valence electrons. The number of hydrogen-bond donors (Lipinski definition) is 2. The monoisotopic (exact) mass is 501 g/mol. The van der Waals surface area contributed by atoms with Crippen LogP contribution in [0.2, 0.25) is 0 Å². The second kappa shape index (κ2) is 8.52. The molecule has 2 atom stereocenters. The average Bonchev–Trinajstić information content (AvgIpc) is 3.39. The summed E-state index contributed by atoms with van der Waals surface area (Å²) in [4.78, 5) is 17.1. The molecule has 4 rings (SSSR count). The number of aliphatic hydroxyl groups is 1. The van der Waals surface area contributed by atoms with Crippen molar-refractivity contribution in [2.75, 3.05) is 11.9 Å². The molecule has 3 aromatic rings. The third-order valence-electron chi connectivity index (χ3n) is 5.57. The fraction of sp³-hybridized carbons (Fsp3) is 0.333. The molecule has 1 amide bonds. The van der Waals surface area contributed by atoms with Crippen molar-refractivity contribution in [3.05, 3.63) is 54.0 Å². The predicted molar refractivity (Wildman–Crippen MR) is 108 cm³/mol. The number of aliphatic hydroxyl groups excluding tert-OH is 1. The number of nitrogens with zero attached hydrogens (tertiary/aromatic N) is 4. The zero-order valence-corrected chi connectivity index (χ0v) is 17.9. The normalized spacial score (nSPS) is 19.8. The highest BCUT2D eigenvalue weighted by Gasteiger charge is 2.55. The number of aromatic nitrogens is 3. The maximum Gasteiger partial charge on any atom is 0.433 e. The lowest BCUT2D eigenvalue weighted by molar-refractivity contribution is -0.245. The van der Waals surface area contributed by atoms with Gasteiger partial charge >= 0.3 is 12.4 Å². The fourth-order valence-electron chi connectivity index (χ4n) is 3.59. The fourth-order valence-corrected chi connectivity index (χ4v) is 3.59. The number of nitrogens with one attached hydrogen (secondary N) is 1. The number of hydrogen-bond acceptors (Lipinski definition) is 7. The summed E-state index contributed by atoms with van der Waals surface area (Å²) in [6.45, 7) is 0.952. The molecule has 1 aliphatic rings. The molecule has 0 bridgehead atoms. The number of carbonyl (C=O) groups excluding carboxylic acids is 1. The van der Waals surface area contributed by atoms with E-state index in [-0.39, 0.29) is 30.4 Å². The number of pyridine rings is 1. The third kappa shape index (κ3) is 4.65. The molecule has 0 saturated carbocycles. The van der Waals surface area contributed by atoms with Crippen LogP contribution in [0.15, 0.2) is 47.0 Å². The molecule has 0 radical (unpaired) electrons. The van der Waals surface area contributed by atoms with E-state index in [1.165, 1.54) is 25.3 Å². The lowest BCUT2D eigenvalue weighted by Crippen LogP contribution is -2.48. The van der Waals surface area contributed by atoms with Crippen molar-refractivity contribution < 1.29 is 40.7 Å². The smallest absolute Gasteiger partial charge is 0.418 e. The first kappa shape index (κ1) is 24.4. The Balaban J connectivity index is 1.59. The molecule has 14 heteroatoms. The van der Waals surface area contributed by atoms with Crippen molar-refractivity contribution in [1.82, 2.24) is 20.1 Å². The molecule has 1 fully saturated rings. The van der Waals surface area contributed by atoms with Gasteiger partial charge < -0.3 is 19.7 Å². The Bertz CT molecular complexity index is 1230. The van der Waals surface area contributed by atoms with Crippen LogP contribution in [0.25, 0.3) is 11.6 Å². The topological polar surface area (TPSA) is 104 Å². The first-order valence-electron chi connectivity index (χ1n) is 10.1. The Morgan fingerprint density at radius 1 is 1.11 bits per heavy atom. The van der Waals surface area contributed by atoms with E-state index in [0.717, 1.165) is 12.1 Å². The second-order valence-electron chi connectivity index (χ2n) is 8.01. The lowest BCUT2D eigenvalue weighted by Gasteiger charge is -2.26. The standard InChI is InChI=1S/C21H17F6N5O3/c1-19(8-10-32(17(19)33)18(34)21(25,26)27)16-31-30-15(35-16)14-13(3-2-9-28-14)29-12-6-4-11(5-7-12)20(22,23)24/h2-7,9,18,29,34H,8,10H2,1H3/t18-,19-/m0/s1. The third-order valence-corrected chi connectivity index (χ3v) is 5.57. The van der Waals surface area contributed by atoms with Crippen LogP contribution in [0.4, 0.5) is 37.7 Å². The highest BCUT2D eigenvalue weighted by molar-refractivity contribution is 5.89. The summed E-state index contributed by atoms with van der Waals surface area (Å²) < 4.78 is 82.7. The quantitative estimate of drug-likeness (QED) is 0.504. The lowest BCUT2D eigenvalue weighted by atomic mass is 9.89. The minimum atomic E-state index is -5.02. The Kier molecular flexibility index (Phi) is 5.95. The maximum atomic E-state index is 12.9. The van der Waals surface area contributed by atoms with Crippen LogP contribution in [0.1, 0.15) is 24.8 Å². The summed E-state index contributed by atoms with van der Waals surface area (Å²) in [5.41, 5.74) is -1.73. The van der Waals surface area contributed by atoms with E-state index in [4.69, 9.17) is 4.42 Å². The van der Waals surface area contributed by atoms with Gasteiger partial charge in [0.05, 0.1) is 11.3 Å². The molecule has 2 N–H and O–H groups in total. The van der Waals surface area contributed by atoms with Crippen LogP contribution in [-0.2, 0) is 16.4 Å². The van der Waals surface area contributed by atoms with Crippen molar-refractivity contribution in [1.29, 1.82) is 0 Å². The number of amides is 1. The van der Waals surface area contributed by atoms with Crippen LogP contribution in [0.3, 0.4) is 0 Å². The summed E-state index contributed by atoms with van der Waals surface area (Å²) in [5.74, 6) is -1.46. The Morgan fingerprint density at radius 3 is 2.43 bits per heavy atom. The summed E-state index contributed by atoms with van der Waals surface area (Å²) >= 11 is 0. The van der Waals surface area contributed by atoms with Gasteiger partial charge in [0.2, 0.25) is 18.0 Å². The van der Waals surface area contributed by atoms with Gasteiger partial charge in [0, 0.05) is 18.4 Å². The van der Waals surface area contributed by atoms with Gasteiger partial charge in [-0.15, -0.1) is 10.2 Å². The largest absolute Gasteiger partial charge is 0.433 e. The van der Waals surface area contributed by atoms with Gasteiger partial charge in [0.25, 0.3) is 5.89 Å². The average molecular weight is 501 g/mol. The Morgan fingerprint density at radius 2 is 1.80 bits per heavy atom. The molecule has 0 unspecified atom stereocenters. The summed E-state index contributed by atoms with van der Waals surface area (Å²) in [5, 5.41) is 20.1. The zero-order valence-electron chi connectivity index (χ0n) is 17.9. The molecule has 0 aliphatic carbocycles. The number of alkyl halides is 6. The molecular weight excluding hydrogens is 484 g/mol. The van der Waals surface area contributed by atoms with Crippen molar-refractivity contribution in [3.8, 4) is 11.6 Å². The Hall–Kier alpha value is -3.68. The number of halogens is 6. The minimum Gasteiger partial charge on any atom is -0.418 e. The second-order valence-corrected chi connectivity index (χ2v) is 8.01. The number of rotatable bonds is 5. The van der Waals surface area contributed by atoms with Crippen molar-refractivity contribution in [3.63, 3.8) is 0 Å². The van der Waals surface area contributed by atoms with Crippen molar-refractivity contribution >= 4 is 17.3 Å². The first-order chi connectivity index (χ1) is 16.3. The maximum absolute atomic E-state index is 12.9. The van der Waals surface area contributed by atoms with E-state index in [2.05, 4.69) is 20.5 Å². The van der Waals surface area contributed by atoms with Gasteiger partial charge in [0.15, 0.2) is 5.69 Å². The number of likely N-dealkylation sites (tertiary alicyclic amines) is 1. The van der Waals surface area contributed by atoms with Gasteiger partial charge in [0.1, 0.15) is 5.41 Å². The van der Waals surface area contributed by atoms with Crippen LogP contribution in [0, 0.1) is 0 Å². The molecule has 3 heterocycles. The van der Waals surface area contributed by atoms with E-state index >= 15 is 0 Å². The van der Waals surface area contributed by atoms with Crippen LogP contribution in [0.5, 0.6) is 0 Å². The highest BCUT2D eigenvalue weighted by atomic mass is 19.4. The molecule has 2 aromatic heterocycles. The van der Waals surface area contributed by atoms with Gasteiger partial charge in [-0.05, 0) is 49.7 Å². The Labute approximate surface area is 193 Å². The number of anilines is 2. The van der Waals surface area contributed by atoms with Crippen molar-refractivity contribution in [2.45, 2.75) is 37.3 Å². The minimum absolute atomic E-state index is 0.104. The molecule has 0 spiro atoms. The molecular formula is C21H17F6N5O3. The molecule has 1 aromatic carbocycles. The van der Waals surface area contributed by atoms with E-state index in [9.17, 15) is 36.2 Å². The molecule has 8 nitrogen and oxygen atoms in total. The predicted octanol–water partition coefficient (Wildman–Crippen LogP) is 4.26. The number of carbonyl (C=O) groups is 1. The van der Waals surface area contributed by atoms with Gasteiger partial charge in [-0.3, -0.25) is 4.79 Å². The summed E-state index contributed by atoms with van der Waals surface area (Å²) in [7, 11) is 0. The molecule has 1 aliphatic heterocycles. The SMILES string of the molecule is C[C@@]1(c2nnc(-c3ncccc3Nc3ccc(C(F)(F)F)cc3)o2)CCN([C@@H](O)C(F)(F)F)C1=O. The van der Waals surface area contributed by atoms with Gasteiger partial charge in [-0.25, -0.2) is 4.98 Å². The summed E-state index contributed by atoms with van der Waals surface area (Å²) in [6.07, 6.45) is -11.2. The molecule has 35 heavy (non-hydrogen) atoms. The van der Waals surface area contributed by atoms with E-state index in [1.54, 1.807) is 12.1 Å². The zero-order chi connectivity index (χ0) is 25.6. The van der Waals surface area contributed by atoms with Crippen molar-refractivity contribution in [2.24, 2.45) is 0 Å². The van der Waals surface area contributed by atoms with Crippen LogP contribution in [-0.4, -0.2) is 50.0 Å². The molecule has 1 saturated heterocycles.